The third-order valence-electron chi connectivity index (χ3n) is 10.2. The molecule has 2 aromatic heterocycles. The number of aromatic amines is 1. The molecule has 1 N–H and O–H groups in total. The summed E-state index contributed by atoms with van der Waals surface area (Å²) in [6.07, 6.45) is 11.6. The molecule has 4 bridgehead atoms. The molecule has 0 unspecified atom stereocenters. The van der Waals surface area contributed by atoms with E-state index in [0.717, 1.165) is 82.9 Å². The first-order valence-electron chi connectivity index (χ1n) is 15.7. The summed E-state index contributed by atoms with van der Waals surface area (Å²) in [5.41, 5.74) is 6.10. The van der Waals surface area contributed by atoms with Gasteiger partial charge in [0, 0.05) is 24.1 Å². The Hall–Kier alpha value is -3.45. The van der Waals surface area contributed by atoms with Crippen LogP contribution in [0, 0.1) is 30.1 Å². The van der Waals surface area contributed by atoms with Crippen LogP contribution in [0.3, 0.4) is 0 Å². The van der Waals surface area contributed by atoms with Gasteiger partial charge in [0.1, 0.15) is 5.82 Å². The number of benzene rings is 2. The lowest BCUT2D eigenvalue weighted by molar-refractivity contribution is -0.0628. The third-order valence-corrected chi connectivity index (χ3v) is 10.2. The van der Waals surface area contributed by atoms with Crippen LogP contribution in [0.5, 0.6) is 0 Å². The van der Waals surface area contributed by atoms with Gasteiger partial charge in [0.25, 0.3) is 5.56 Å². The van der Waals surface area contributed by atoms with Gasteiger partial charge in [-0.1, -0.05) is 67.0 Å². The van der Waals surface area contributed by atoms with Crippen LogP contribution in [0.2, 0.25) is 0 Å². The molecule has 0 atom stereocenters. The van der Waals surface area contributed by atoms with Crippen molar-refractivity contribution in [1.82, 2.24) is 19.7 Å². The van der Waals surface area contributed by atoms with Gasteiger partial charge < -0.3 is 0 Å². The van der Waals surface area contributed by atoms with Gasteiger partial charge in [0.2, 0.25) is 0 Å². The predicted molar refractivity (Wildman–Crippen MR) is 171 cm³/mol. The summed E-state index contributed by atoms with van der Waals surface area (Å²) in [7, 11) is 0. The standard InChI is InChI=1S/C35H40N4O3.ClH/c1-3-4-9-31-30(33(40)39(22(2)36-31)21-35-18-24-14-25(19-35)16-26(15-24)20-35)17-23-10-12-27(13-11-23)28-7-5-6-8-29(28)32-37-34(41)42-38-32;/h5-8,10-13,24-26H,3-4,9,14-21H2,1-2H3,(H,37,38,41);1H. The van der Waals surface area contributed by atoms with Crippen molar-refractivity contribution >= 4 is 12.4 Å². The maximum Gasteiger partial charge on any atom is 0.439 e. The van der Waals surface area contributed by atoms with Crippen molar-refractivity contribution in [3.8, 4) is 22.5 Å². The minimum atomic E-state index is -0.574. The first-order valence-corrected chi connectivity index (χ1v) is 15.7. The Morgan fingerprint density at radius 3 is 2.21 bits per heavy atom. The smallest absolute Gasteiger partial charge is 0.296 e. The van der Waals surface area contributed by atoms with Gasteiger partial charge in [-0.25, -0.2) is 9.78 Å². The molecule has 7 nitrogen and oxygen atoms in total. The number of hydrogen-bond donors (Lipinski definition) is 1. The molecule has 4 saturated carbocycles. The van der Waals surface area contributed by atoms with Crippen molar-refractivity contribution < 1.29 is 4.52 Å². The van der Waals surface area contributed by atoms with Crippen molar-refractivity contribution in [3.05, 3.63) is 92.1 Å². The Bertz CT molecular complexity index is 1680. The highest BCUT2D eigenvalue weighted by atomic mass is 35.5. The molecular formula is C35H41ClN4O3. The van der Waals surface area contributed by atoms with E-state index in [4.69, 9.17) is 9.51 Å². The van der Waals surface area contributed by atoms with E-state index in [0.29, 0.717) is 12.2 Å². The zero-order chi connectivity index (χ0) is 28.8. The van der Waals surface area contributed by atoms with E-state index < -0.39 is 5.76 Å². The molecule has 226 valence electrons. The number of aryl methyl sites for hydroxylation is 2. The van der Waals surface area contributed by atoms with E-state index in [9.17, 15) is 9.59 Å². The van der Waals surface area contributed by atoms with Crippen LogP contribution in [-0.4, -0.2) is 19.7 Å². The van der Waals surface area contributed by atoms with Gasteiger partial charge in [0.15, 0.2) is 5.82 Å². The zero-order valence-corrected chi connectivity index (χ0v) is 25.9. The summed E-state index contributed by atoms with van der Waals surface area (Å²) < 4.78 is 6.78. The molecule has 43 heavy (non-hydrogen) atoms. The minimum Gasteiger partial charge on any atom is -0.296 e. The SMILES string of the molecule is CCCCc1nc(C)n(CC23CC4CC(CC(C4)C2)C3)c(=O)c1Cc1ccc(-c2ccccc2-c2noc(=O)[nH]2)cc1.Cl. The Labute approximate surface area is 258 Å². The second kappa shape index (κ2) is 11.9. The number of unbranched alkanes of at least 4 members (excludes halogenated alkanes) is 1. The third kappa shape index (κ3) is 5.76. The molecule has 4 fully saturated rings. The molecule has 0 aliphatic heterocycles. The van der Waals surface area contributed by atoms with Crippen molar-refractivity contribution in [1.29, 1.82) is 0 Å². The normalized spacial score (nSPS) is 23.8. The topological polar surface area (TPSA) is 93.8 Å². The van der Waals surface area contributed by atoms with Crippen molar-refractivity contribution in [2.24, 2.45) is 23.2 Å². The number of nitrogens with zero attached hydrogens (tertiary/aromatic N) is 3. The molecule has 0 saturated heterocycles. The first kappa shape index (κ1) is 29.6. The van der Waals surface area contributed by atoms with Crippen LogP contribution in [0.1, 0.15) is 80.9 Å². The molecule has 4 aromatic rings. The predicted octanol–water partition coefficient (Wildman–Crippen LogP) is 7.13. The lowest BCUT2D eigenvalue weighted by atomic mass is 9.49. The van der Waals surface area contributed by atoms with E-state index in [1.54, 1.807) is 0 Å². The molecule has 2 aromatic carbocycles. The second-order valence-electron chi connectivity index (χ2n) is 13.4. The molecule has 0 spiro atoms. The summed E-state index contributed by atoms with van der Waals surface area (Å²) >= 11 is 0. The van der Waals surface area contributed by atoms with E-state index in [1.165, 1.54) is 38.5 Å². The summed E-state index contributed by atoms with van der Waals surface area (Å²) in [5, 5.41) is 3.88. The summed E-state index contributed by atoms with van der Waals surface area (Å²) in [6, 6.07) is 16.2. The lowest BCUT2D eigenvalue weighted by Gasteiger charge is -2.57. The van der Waals surface area contributed by atoms with E-state index in [2.05, 4.69) is 41.3 Å². The largest absolute Gasteiger partial charge is 0.439 e. The van der Waals surface area contributed by atoms with Crippen LogP contribution in [0.15, 0.2) is 62.6 Å². The van der Waals surface area contributed by atoms with Crippen LogP contribution in [0.4, 0.5) is 0 Å². The number of rotatable bonds is 9. The fraction of sp³-hybridized carbons (Fsp3) is 0.486. The van der Waals surface area contributed by atoms with E-state index >= 15 is 0 Å². The minimum absolute atomic E-state index is 0. The van der Waals surface area contributed by atoms with Crippen LogP contribution in [-0.2, 0) is 19.4 Å². The molecule has 4 aliphatic rings. The van der Waals surface area contributed by atoms with Crippen molar-refractivity contribution in [2.75, 3.05) is 0 Å². The Balaban J connectivity index is 0.00000329. The lowest BCUT2D eigenvalue weighted by Crippen LogP contribution is -2.49. The highest BCUT2D eigenvalue weighted by molar-refractivity contribution is 5.85. The van der Waals surface area contributed by atoms with Crippen LogP contribution < -0.4 is 11.3 Å². The van der Waals surface area contributed by atoms with Gasteiger partial charge in [-0.3, -0.25) is 18.9 Å². The number of nitrogens with one attached hydrogen (secondary N) is 1. The Morgan fingerprint density at radius 2 is 1.60 bits per heavy atom. The van der Waals surface area contributed by atoms with Gasteiger partial charge >= 0.3 is 5.76 Å². The Kier molecular flexibility index (Phi) is 8.20. The highest BCUT2D eigenvalue weighted by Gasteiger charge is 2.51. The Morgan fingerprint density at radius 1 is 0.953 bits per heavy atom. The maximum atomic E-state index is 14.3. The summed E-state index contributed by atoms with van der Waals surface area (Å²) in [6.45, 7) is 5.05. The van der Waals surface area contributed by atoms with Gasteiger partial charge in [-0.05, 0) is 98.1 Å². The summed E-state index contributed by atoms with van der Waals surface area (Å²) in [5.74, 6) is 3.29. The maximum absolute atomic E-state index is 14.3. The molecule has 4 aliphatic carbocycles. The molecule has 2 heterocycles. The monoisotopic (exact) mass is 600 g/mol. The second-order valence-corrected chi connectivity index (χ2v) is 13.4. The van der Waals surface area contributed by atoms with Crippen LogP contribution >= 0.6 is 12.4 Å². The van der Waals surface area contributed by atoms with Crippen molar-refractivity contribution in [3.63, 3.8) is 0 Å². The van der Waals surface area contributed by atoms with Gasteiger partial charge in [0.05, 0.1) is 5.69 Å². The number of aromatic nitrogens is 4. The zero-order valence-electron chi connectivity index (χ0n) is 25.1. The van der Waals surface area contributed by atoms with Gasteiger partial charge in [-0.15, -0.1) is 12.4 Å². The van der Waals surface area contributed by atoms with E-state index in [1.807, 2.05) is 35.8 Å². The fourth-order valence-electron chi connectivity index (χ4n) is 8.78. The molecule has 8 heteroatoms. The summed E-state index contributed by atoms with van der Waals surface area (Å²) in [4.78, 5) is 33.6. The number of halogens is 1. The molecular weight excluding hydrogens is 560 g/mol. The van der Waals surface area contributed by atoms with E-state index in [-0.39, 0.29) is 23.4 Å². The number of H-pyrrole nitrogens is 1. The molecule has 8 rings (SSSR count). The average molecular weight is 601 g/mol. The quantitative estimate of drug-likeness (QED) is 0.220. The van der Waals surface area contributed by atoms with Gasteiger partial charge in [-0.2, -0.15) is 0 Å². The first-order chi connectivity index (χ1) is 20.4. The van der Waals surface area contributed by atoms with Crippen LogP contribution in [0.25, 0.3) is 22.5 Å². The molecule has 0 radical (unpaired) electrons. The highest BCUT2D eigenvalue weighted by Crippen LogP contribution is 2.60. The average Bonchev–Trinajstić information content (AvgIpc) is 3.41. The van der Waals surface area contributed by atoms with Crippen molar-refractivity contribution in [2.45, 2.75) is 84.6 Å². The number of hydrogen-bond acceptors (Lipinski definition) is 5. The fourth-order valence-corrected chi connectivity index (χ4v) is 8.78. The molecule has 0 amide bonds.